The molecule has 0 aromatic heterocycles. The predicted molar refractivity (Wildman–Crippen MR) is 95.2 cm³/mol. The zero-order valence-electron chi connectivity index (χ0n) is 14.9. The molecule has 138 valence electrons. The number of nitrogens with one attached hydrogen (secondary N) is 3. The molecule has 1 unspecified atom stereocenters. The Morgan fingerprint density at radius 1 is 1.27 bits per heavy atom. The normalized spacial score (nSPS) is 24.3. The van der Waals surface area contributed by atoms with Gasteiger partial charge >= 0.3 is 0 Å². The zero-order chi connectivity index (χ0) is 18.3. The number of hydrogen-bond donors (Lipinski definition) is 3. The van der Waals surface area contributed by atoms with Crippen molar-refractivity contribution in [3.05, 3.63) is 34.9 Å². The van der Waals surface area contributed by atoms with Crippen LogP contribution in [-0.2, 0) is 22.7 Å². The van der Waals surface area contributed by atoms with E-state index in [2.05, 4.69) is 22.9 Å². The van der Waals surface area contributed by atoms with Gasteiger partial charge in [-0.1, -0.05) is 25.1 Å². The van der Waals surface area contributed by atoms with Crippen molar-refractivity contribution in [2.24, 2.45) is 5.41 Å². The SMILES string of the molecule is CC1(CNCc2cccc3c2C(=O)N(C2CCC(=O)NC2=O)C3)CNC1. The number of carbonyl (C=O) groups is 3. The van der Waals surface area contributed by atoms with Crippen LogP contribution in [0.2, 0.25) is 0 Å². The van der Waals surface area contributed by atoms with Gasteiger partial charge in [0.2, 0.25) is 11.8 Å². The van der Waals surface area contributed by atoms with E-state index in [4.69, 9.17) is 0 Å². The molecule has 3 amide bonds. The van der Waals surface area contributed by atoms with Crippen molar-refractivity contribution in [3.8, 4) is 0 Å². The minimum atomic E-state index is -0.562. The standard InChI is InChI=1S/C19H24N4O3/c1-19(10-21-11-19)9-20-7-12-3-2-4-13-8-23(18(26)16(12)13)14-5-6-15(24)22-17(14)25/h2-4,14,20-21H,5-11H2,1H3,(H,22,24,25). The summed E-state index contributed by atoms with van der Waals surface area (Å²) in [5.74, 6) is -0.741. The molecule has 3 aliphatic heterocycles. The fourth-order valence-electron chi connectivity index (χ4n) is 4.01. The van der Waals surface area contributed by atoms with Crippen LogP contribution in [0.5, 0.6) is 0 Å². The first-order valence-corrected chi connectivity index (χ1v) is 9.14. The van der Waals surface area contributed by atoms with Crippen LogP contribution in [0.15, 0.2) is 18.2 Å². The van der Waals surface area contributed by atoms with Gasteiger partial charge in [-0.3, -0.25) is 19.7 Å². The molecule has 0 radical (unpaired) electrons. The second-order valence-electron chi connectivity index (χ2n) is 7.87. The van der Waals surface area contributed by atoms with Crippen LogP contribution < -0.4 is 16.0 Å². The van der Waals surface area contributed by atoms with Crippen molar-refractivity contribution in [2.75, 3.05) is 19.6 Å². The van der Waals surface area contributed by atoms with Gasteiger partial charge in [-0.15, -0.1) is 0 Å². The first-order chi connectivity index (χ1) is 12.5. The van der Waals surface area contributed by atoms with E-state index in [0.29, 0.717) is 25.1 Å². The fourth-order valence-corrected chi connectivity index (χ4v) is 4.01. The van der Waals surface area contributed by atoms with Gasteiger partial charge in [0.25, 0.3) is 5.91 Å². The molecule has 0 saturated carbocycles. The minimum absolute atomic E-state index is 0.108. The van der Waals surface area contributed by atoms with Gasteiger partial charge < -0.3 is 15.5 Å². The maximum absolute atomic E-state index is 13.0. The quantitative estimate of drug-likeness (QED) is 0.653. The molecule has 2 fully saturated rings. The Morgan fingerprint density at radius 2 is 2.08 bits per heavy atom. The lowest BCUT2D eigenvalue weighted by molar-refractivity contribution is -0.136. The third-order valence-electron chi connectivity index (χ3n) is 5.61. The molecule has 1 aromatic carbocycles. The average Bonchev–Trinajstić information content (AvgIpc) is 2.91. The maximum Gasteiger partial charge on any atom is 0.255 e. The number of rotatable bonds is 5. The number of nitrogens with zero attached hydrogens (tertiary/aromatic N) is 1. The molecular weight excluding hydrogens is 332 g/mol. The molecule has 3 heterocycles. The van der Waals surface area contributed by atoms with Gasteiger partial charge in [-0.25, -0.2) is 0 Å². The molecule has 0 spiro atoms. The van der Waals surface area contributed by atoms with Crippen molar-refractivity contribution in [1.29, 1.82) is 0 Å². The first-order valence-electron chi connectivity index (χ1n) is 9.14. The Bertz CT molecular complexity index is 772. The Morgan fingerprint density at radius 3 is 2.77 bits per heavy atom. The molecular formula is C19H24N4O3. The highest BCUT2D eigenvalue weighted by atomic mass is 16.2. The van der Waals surface area contributed by atoms with Crippen LogP contribution in [0.25, 0.3) is 0 Å². The van der Waals surface area contributed by atoms with Crippen LogP contribution in [0, 0.1) is 5.41 Å². The third-order valence-corrected chi connectivity index (χ3v) is 5.61. The molecule has 3 N–H and O–H groups in total. The summed E-state index contributed by atoms with van der Waals surface area (Å²) in [6.45, 7) is 6.21. The van der Waals surface area contributed by atoms with E-state index in [-0.39, 0.29) is 29.6 Å². The molecule has 0 bridgehead atoms. The van der Waals surface area contributed by atoms with Crippen molar-refractivity contribution in [1.82, 2.24) is 20.9 Å². The first kappa shape index (κ1) is 17.2. The number of amides is 3. The number of benzene rings is 1. The highest BCUT2D eigenvalue weighted by Crippen LogP contribution is 2.30. The number of piperidine rings is 1. The summed E-state index contributed by atoms with van der Waals surface area (Å²) in [7, 11) is 0. The molecule has 7 heteroatoms. The van der Waals surface area contributed by atoms with Gasteiger partial charge in [-0.05, 0) is 17.5 Å². The Kier molecular flexibility index (Phi) is 4.28. The molecule has 3 aliphatic rings. The van der Waals surface area contributed by atoms with Crippen molar-refractivity contribution >= 4 is 17.7 Å². The fraction of sp³-hybridized carbons (Fsp3) is 0.526. The number of fused-ring (bicyclic) bond motifs is 1. The van der Waals surface area contributed by atoms with Crippen LogP contribution in [0.3, 0.4) is 0 Å². The molecule has 26 heavy (non-hydrogen) atoms. The summed E-state index contributed by atoms with van der Waals surface area (Å²) in [5.41, 5.74) is 2.91. The maximum atomic E-state index is 13.0. The molecule has 7 nitrogen and oxygen atoms in total. The molecule has 2 saturated heterocycles. The Hall–Kier alpha value is -2.25. The molecule has 0 aliphatic carbocycles. The minimum Gasteiger partial charge on any atom is -0.322 e. The van der Waals surface area contributed by atoms with E-state index >= 15 is 0 Å². The molecule has 4 rings (SSSR count). The second kappa shape index (κ2) is 6.48. The number of hydrogen-bond acceptors (Lipinski definition) is 5. The number of imide groups is 1. The van der Waals surface area contributed by atoms with Crippen LogP contribution in [0.4, 0.5) is 0 Å². The van der Waals surface area contributed by atoms with Gasteiger partial charge in [0.05, 0.1) is 0 Å². The lowest BCUT2D eigenvalue weighted by Crippen LogP contribution is -2.56. The van der Waals surface area contributed by atoms with Crippen molar-refractivity contribution in [3.63, 3.8) is 0 Å². The summed E-state index contributed by atoms with van der Waals surface area (Å²) in [4.78, 5) is 38.1. The Balaban J connectivity index is 1.47. The molecule has 1 aromatic rings. The number of carbonyl (C=O) groups excluding carboxylic acids is 3. The Labute approximate surface area is 152 Å². The smallest absolute Gasteiger partial charge is 0.255 e. The highest BCUT2D eigenvalue weighted by Gasteiger charge is 2.40. The van der Waals surface area contributed by atoms with E-state index in [0.717, 1.165) is 30.8 Å². The van der Waals surface area contributed by atoms with Crippen LogP contribution >= 0.6 is 0 Å². The second-order valence-corrected chi connectivity index (χ2v) is 7.87. The summed E-state index contributed by atoms with van der Waals surface area (Å²) in [5, 5.41) is 9.10. The van der Waals surface area contributed by atoms with E-state index < -0.39 is 6.04 Å². The lowest BCUT2D eigenvalue weighted by atomic mass is 9.84. The highest BCUT2D eigenvalue weighted by molar-refractivity contribution is 6.05. The predicted octanol–water partition coefficient (Wildman–Crippen LogP) is 0.147. The largest absolute Gasteiger partial charge is 0.322 e. The third kappa shape index (κ3) is 3.01. The zero-order valence-corrected chi connectivity index (χ0v) is 14.9. The van der Waals surface area contributed by atoms with E-state index in [1.165, 1.54) is 0 Å². The van der Waals surface area contributed by atoms with Crippen molar-refractivity contribution in [2.45, 2.75) is 38.9 Å². The molecule has 1 atom stereocenters. The summed E-state index contributed by atoms with van der Waals surface area (Å²) >= 11 is 0. The van der Waals surface area contributed by atoms with E-state index in [1.54, 1.807) is 4.90 Å². The average molecular weight is 356 g/mol. The monoisotopic (exact) mass is 356 g/mol. The van der Waals surface area contributed by atoms with E-state index in [1.807, 2.05) is 18.2 Å². The van der Waals surface area contributed by atoms with Crippen LogP contribution in [-0.4, -0.2) is 48.3 Å². The van der Waals surface area contributed by atoms with E-state index in [9.17, 15) is 14.4 Å². The van der Waals surface area contributed by atoms with Gasteiger partial charge in [-0.2, -0.15) is 0 Å². The topological polar surface area (TPSA) is 90.5 Å². The van der Waals surface area contributed by atoms with Gasteiger partial charge in [0.15, 0.2) is 0 Å². The lowest BCUT2D eigenvalue weighted by Gasteiger charge is -2.39. The summed E-state index contributed by atoms with van der Waals surface area (Å²) in [6, 6.07) is 5.32. The van der Waals surface area contributed by atoms with Crippen molar-refractivity contribution < 1.29 is 14.4 Å². The summed E-state index contributed by atoms with van der Waals surface area (Å²) in [6.07, 6.45) is 0.668. The van der Waals surface area contributed by atoms with Crippen LogP contribution in [0.1, 0.15) is 41.3 Å². The summed E-state index contributed by atoms with van der Waals surface area (Å²) < 4.78 is 0. The van der Waals surface area contributed by atoms with Gasteiger partial charge in [0.1, 0.15) is 6.04 Å². The van der Waals surface area contributed by atoms with Gasteiger partial charge in [0, 0.05) is 50.1 Å².